The fraction of sp³-hybridized carbons (Fsp3) is 0. The quantitative estimate of drug-likeness (QED) is 0.170. The Morgan fingerprint density at radius 3 is 1.75 bits per heavy atom. The molecule has 0 N–H and O–H groups in total. The highest BCUT2D eigenvalue weighted by Gasteiger charge is 2.19. The number of para-hydroxylation sites is 2. The fourth-order valence-corrected chi connectivity index (χ4v) is 9.29. The first-order valence-electron chi connectivity index (χ1n) is 17.4. The highest BCUT2D eigenvalue weighted by molar-refractivity contribution is 7.25. The van der Waals surface area contributed by atoms with Gasteiger partial charge in [-0.3, -0.25) is 0 Å². The maximum absolute atomic E-state index is 2.44. The van der Waals surface area contributed by atoms with Gasteiger partial charge < -0.3 is 9.47 Å². The van der Waals surface area contributed by atoms with Crippen molar-refractivity contribution >= 4 is 103 Å². The average Bonchev–Trinajstić information content (AvgIpc) is 3.73. The molecule has 2 nitrogen and oxygen atoms in total. The number of nitrogens with zero attached hydrogens (tertiary/aromatic N) is 2. The van der Waals surface area contributed by atoms with Crippen molar-refractivity contribution in [1.29, 1.82) is 0 Å². The van der Waals surface area contributed by atoms with Crippen LogP contribution >= 0.6 is 11.3 Å². The standard InChI is InChI=1S/C48H30N2S/c1-2-11-33(12-3-1)50-45-16-8-6-14-40(45)41-26-22-36(30-46(41)50)49(35-23-27-48-44(29-35)42-15-7-9-17-47(42)51-48)34-21-18-32-20-24-38-37-13-5-4-10-31(37)19-25-39(38)43(32)28-34/h1-30H. The molecule has 2 aromatic heterocycles. The molecule has 0 saturated carbocycles. The highest BCUT2D eigenvalue weighted by Crippen LogP contribution is 2.44. The Kier molecular flexibility index (Phi) is 6.16. The van der Waals surface area contributed by atoms with E-state index in [-0.39, 0.29) is 0 Å². The largest absolute Gasteiger partial charge is 0.310 e. The Balaban J connectivity index is 1.20. The van der Waals surface area contributed by atoms with E-state index >= 15 is 0 Å². The van der Waals surface area contributed by atoms with Gasteiger partial charge in [0.25, 0.3) is 0 Å². The molecule has 0 atom stereocenters. The second-order valence-corrected chi connectivity index (χ2v) is 14.4. The number of aromatic nitrogens is 1. The predicted molar refractivity (Wildman–Crippen MR) is 221 cm³/mol. The van der Waals surface area contributed by atoms with Crippen molar-refractivity contribution in [1.82, 2.24) is 4.57 Å². The normalized spacial score (nSPS) is 11.9. The van der Waals surface area contributed by atoms with E-state index in [1.54, 1.807) is 0 Å². The van der Waals surface area contributed by atoms with E-state index in [9.17, 15) is 0 Å². The Bertz CT molecular complexity index is 3150. The van der Waals surface area contributed by atoms with Gasteiger partial charge in [0.1, 0.15) is 0 Å². The number of hydrogen-bond donors (Lipinski definition) is 0. The zero-order chi connectivity index (χ0) is 33.5. The molecule has 0 amide bonds. The molecule has 0 aliphatic rings. The summed E-state index contributed by atoms with van der Waals surface area (Å²) < 4.78 is 5.02. The minimum absolute atomic E-state index is 1.12. The zero-order valence-electron chi connectivity index (χ0n) is 27.6. The number of hydrogen-bond acceptors (Lipinski definition) is 2. The van der Waals surface area contributed by atoms with Crippen LogP contribution in [0.5, 0.6) is 0 Å². The second kappa shape index (κ2) is 11.0. The summed E-state index contributed by atoms with van der Waals surface area (Å²) in [5.41, 5.74) is 6.93. The molecule has 9 aromatic carbocycles. The smallest absolute Gasteiger partial charge is 0.0561 e. The summed E-state index contributed by atoms with van der Waals surface area (Å²) in [5.74, 6) is 0. The summed E-state index contributed by atoms with van der Waals surface area (Å²) >= 11 is 1.86. The van der Waals surface area contributed by atoms with Crippen molar-refractivity contribution < 1.29 is 0 Å². The lowest BCUT2D eigenvalue weighted by Crippen LogP contribution is -2.10. The van der Waals surface area contributed by atoms with Crippen molar-refractivity contribution in [3.63, 3.8) is 0 Å². The molecular formula is C48H30N2S. The minimum Gasteiger partial charge on any atom is -0.310 e. The molecule has 11 rings (SSSR count). The number of rotatable bonds is 4. The number of benzene rings is 9. The molecule has 238 valence electrons. The molecule has 0 fully saturated rings. The predicted octanol–water partition coefficient (Wildman–Crippen LogP) is 14.1. The van der Waals surface area contributed by atoms with Crippen LogP contribution in [-0.4, -0.2) is 4.57 Å². The van der Waals surface area contributed by atoms with Crippen molar-refractivity contribution in [3.8, 4) is 5.69 Å². The van der Waals surface area contributed by atoms with Crippen LogP contribution in [0.1, 0.15) is 0 Å². The minimum atomic E-state index is 1.12. The average molecular weight is 667 g/mol. The van der Waals surface area contributed by atoms with E-state index in [1.165, 1.54) is 74.3 Å². The van der Waals surface area contributed by atoms with Crippen LogP contribution in [0.4, 0.5) is 17.1 Å². The summed E-state index contributed by atoms with van der Waals surface area (Å²) in [6, 6.07) is 66.9. The van der Waals surface area contributed by atoms with Crippen molar-refractivity contribution in [2.75, 3.05) is 4.90 Å². The van der Waals surface area contributed by atoms with Crippen LogP contribution in [0.15, 0.2) is 182 Å². The third-order valence-electron chi connectivity index (χ3n) is 10.5. The Labute approximate surface area is 298 Å². The van der Waals surface area contributed by atoms with Crippen molar-refractivity contribution in [2.24, 2.45) is 0 Å². The van der Waals surface area contributed by atoms with Gasteiger partial charge >= 0.3 is 0 Å². The first-order chi connectivity index (χ1) is 25.3. The molecule has 2 heterocycles. The lowest BCUT2D eigenvalue weighted by atomic mass is 9.96. The maximum atomic E-state index is 2.44. The topological polar surface area (TPSA) is 8.17 Å². The van der Waals surface area contributed by atoms with Crippen molar-refractivity contribution in [2.45, 2.75) is 0 Å². The number of fused-ring (bicyclic) bond motifs is 11. The van der Waals surface area contributed by atoms with E-state index in [4.69, 9.17) is 0 Å². The lowest BCUT2D eigenvalue weighted by Gasteiger charge is -2.26. The number of thiophene rings is 1. The van der Waals surface area contributed by atoms with E-state index in [2.05, 4.69) is 191 Å². The molecule has 51 heavy (non-hydrogen) atoms. The molecule has 11 aromatic rings. The summed E-state index contributed by atoms with van der Waals surface area (Å²) in [4.78, 5) is 2.44. The van der Waals surface area contributed by atoms with Gasteiger partial charge in [0, 0.05) is 53.7 Å². The maximum Gasteiger partial charge on any atom is 0.0561 e. The van der Waals surface area contributed by atoms with Crippen LogP contribution in [0, 0.1) is 0 Å². The number of anilines is 3. The van der Waals surface area contributed by atoms with Crippen LogP contribution < -0.4 is 4.90 Å². The van der Waals surface area contributed by atoms with Crippen LogP contribution in [-0.2, 0) is 0 Å². The van der Waals surface area contributed by atoms with Gasteiger partial charge in [-0.2, -0.15) is 0 Å². The van der Waals surface area contributed by atoms with Gasteiger partial charge in [0.2, 0.25) is 0 Å². The third kappa shape index (κ3) is 4.35. The van der Waals surface area contributed by atoms with E-state index in [0.29, 0.717) is 0 Å². The molecule has 0 spiro atoms. The van der Waals surface area contributed by atoms with Crippen LogP contribution in [0.3, 0.4) is 0 Å². The fourth-order valence-electron chi connectivity index (χ4n) is 8.20. The Hall–Kier alpha value is -6.42. The highest BCUT2D eigenvalue weighted by atomic mass is 32.1. The molecule has 0 unspecified atom stereocenters. The van der Waals surface area contributed by atoms with Gasteiger partial charge in [-0.1, -0.05) is 115 Å². The Morgan fingerprint density at radius 1 is 0.333 bits per heavy atom. The van der Waals surface area contributed by atoms with Gasteiger partial charge in [-0.05, 0) is 99.0 Å². The third-order valence-corrected chi connectivity index (χ3v) is 11.7. The first kappa shape index (κ1) is 28.4. The Morgan fingerprint density at radius 2 is 0.882 bits per heavy atom. The monoisotopic (exact) mass is 666 g/mol. The summed E-state index contributed by atoms with van der Waals surface area (Å²) in [5, 5.41) is 12.7. The first-order valence-corrected chi connectivity index (χ1v) is 18.2. The summed E-state index contributed by atoms with van der Waals surface area (Å²) in [6.07, 6.45) is 0. The molecular weight excluding hydrogens is 637 g/mol. The molecule has 0 saturated heterocycles. The summed E-state index contributed by atoms with van der Waals surface area (Å²) in [6.45, 7) is 0. The molecule has 3 heteroatoms. The lowest BCUT2D eigenvalue weighted by molar-refractivity contribution is 1.18. The second-order valence-electron chi connectivity index (χ2n) is 13.4. The van der Waals surface area contributed by atoms with Gasteiger partial charge in [-0.25, -0.2) is 0 Å². The van der Waals surface area contributed by atoms with Gasteiger partial charge in [0.05, 0.1) is 11.0 Å². The molecule has 0 aliphatic heterocycles. The van der Waals surface area contributed by atoms with Crippen molar-refractivity contribution in [3.05, 3.63) is 182 Å². The molecule has 0 bridgehead atoms. The van der Waals surface area contributed by atoms with Gasteiger partial charge in [0.15, 0.2) is 0 Å². The zero-order valence-corrected chi connectivity index (χ0v) is 28.4. The van der Waals surface area contributed by atoms with E-state index in [0.717, 1.165) is 22.7 Å². The van der Waals surface area contributed by atoms with Crippen LogP contribution in [0.2, 0.25) is 0 Å². The van der Waals surface area contributed by atoms with Crippen LogP contribution in [0.25, 0.3) is 80.0 Å². The SMILES string of the molecule is c1ccc(-n2c3ccccc3c3ccc(N(c4ccc5ccc6c7ccccc7ccc6c5c4)c4ccc5sc6ccccc6c5c4)cc32)cc1. The molecule has 0 aliphatic carbocycles. The van der Waals surface area contributed by atoms with E-state index < -0.39 is 0 Å². The van der Waals surface area contributed by atoms with E-state index in [1.807, 2.05) is 11.3 Å². The summed E-state index contributed by atoms with van der Waals surface area (Å²) in [7, 11) is 0. The van der Waals surface area contributed by atoms with Gasteiger partial charge in [-0.15, -0.1) is 11.3 Å². The molecule has 0 radical (unpaired) electrons.